The highest BCUT2D eigenvalue weighted by Crippen LogP contribution is 2.31. The van der Waals surface area contributed by atoms with Crippen molar-refractivity contribution in [2.75, 3.05) is 11.1 Å². The van der Waals surface area contributed by atoms with Gasteiger partial charge in [-0.25, -0.2) is 4.98 Å². The van der Waals surface area contributed by atoms with Crippen LogP contribution < -0.4 is 10.6 Å². The molecule has 1 aromatic heterocycles. The Morgan fingerprint density at radius 3 is 3.00 bits per heavy atom. The molecule has 2 amide bonds. The molecule has 2 heterocycles. The minimum absolute atomic E-state index is 0.0155. The van der Waals surface area contributed by atoms with Crippen LogP contribution in [0.2, 0.25) is 0 Å². The Morgan fingerprint density at radius 2 is 2.12 bits per heavy atom. The van der Waals surface area contributed by atoms with E-state index >= 15 is 0 Å². The molecule has 2 N–H and O–H groups in total. The molecule has 2 aromatic carbocycles. The first-order chi connectivity index (χ1) is 12.2. The van der Waals surface area contributed by atoms with E-state index in [0.29, 0.717) is 24.2 Å². The molecule has 4 rings (SSSR count). The first kappa shape index (κ1) is 16.1. The summed E-state index contributed by atoms with van der Waals surface area (Å²) in [6.07, 6.45) is 0.485. The van der Waals surface area contributed by atoms with E-state index in [1.165, 1.54) is 0 Å². The van der Waals surface area contributed by atoms with Gasteiger partial charge in [-0.05, 0) is 30.3 Å². The number of nitrogens with one attached hydrogen (secondary N) is 2. The number of para-hydroxylation sites is 1. The summed E-state index contributed by atoms with van der Waals surface area (Å²) in [6, 6.07) is 13.3. The predicted octanol–water partition coefficient (Wildman–Crippen LogP) is 3.66. The number of rotatable bonds is 3. The highest BCUT2D eigenvalue weighted by molar-refractivity contribution is 7.99. The number of carbonyl (C=O) groups is 2. The number of aromatic nitrogens is 1. The van der Waals surface area contributed by atoms with E-state index in [4.69, 9.17) is 0 Å². The van der Waals surface area contributed by atoms with E-state index in [0.717, 1.165) is 25.9 Å². The molecule has 0 fully saturated rings. The predicted molar refractivity (Wildman–Crippen MR) is 101 cm³/mol. The lowest BCUT2D eigenvalue weighted by Gasteiger charge is -2.09. The summed E-state index contributed by atoms with van der Waals surface area (Å²) < 4.78 is 1.11. The number of fused-ring (bicyclic) bond motifs is 2. The molecule has 0 atom stereocenters. The van der Waals surface area contributed by atoms with Gasteiger partial charge in [0, 0.05) is 22.6 Å². The van der Waals surface area contributed by atoms with Crippen LogP contribution in [0.15, 0.2) is 47.4 Å². The number of nitrogens with zero attached hydrogens (tertiary/aromatic N) is 1. The number of thioether (sulfide) groups is 1. The van der Waals surface area contributed by atoms with Crippen LogP contribution >= 0.6 is 23.1 Å². The summed E-state index contributed by atoms with van der Waals surface area (Å²) in [5.41, 5.74) is 2.18. The molecule has 0 spiro atoms. The van der Waals surface area contributed by atoms with E-state index in [1.54, 1.807) is 35.2 Å². The van der Waals surface area contributed by atoms with Crippen LogP contribution in [-0.4, -0.2) is 22.6 Å². The van der Waals surface area contributed by atoms with Gasteiger partial charge in [-0.3, -0.25) is 9.59 Å². The van der Waals surface area contributed by atoms with Crippen LogP contribution in [0.3, 0.4) is 0 Å². The van der Waals surface area contributed by atoms with Crippen LogP contribution in [0.1, 0.15) is 21.8 Å². The van der Waals surface area contributed by atoms with E-state index in [1.807, 2.05) is 30.3 Å². The maximum absolute atomic E-state index is 12.4. The third-order valence-electron chi connectivity index (χ3n) is 3.84. The minimum atomic E-state index is -0.175. The second kappa shape index (κ2) is 6.85. The Bertz CT molecular complexity index is 935. The fraction of sp³-hybridized carbons (Fsp3) is 0.167. The van der Waals surface area contributed by atoms with Gasteiger partial charge in [0.1, 0.15) is 5.01 Å². The number of carbonyl (C=O) groups excluding carboxylic acids is 2. The average molecular weight is 369 g/mol. The fourth-order valence-electron chi connectivity index (χ4n) is 2.61. The molecule has 0 radical (unpaired) electrons. The Morgan fingerprint density at radius 1 is 1.24 bits per heavy atom. The molecular formula is C18H15N3O2S2. The molecule has 0 unspecified atom stereocenters. The molecule has 25 heavy (non-hydrogen) atoms. The number of hydrogen-bond acceptors (Lipinski definition) is 5. The van der Waals surface area contributed by atoms with E-state index in [-0.39, 0.29) is 11.8 Å². The van der Waals surface area contributed by atoms with Crippen molar-refractivity contribution < 1.29 is 9.59 Å². The first-order valence-electron chi connectivity index (χ1n) is 7.88. The minimum Gasteiger partial charge on any atom is -0.346 e. The van der Waals surface area contributed by atoms with E-state index < -0.39 is 0 Å². The van der Waals surface area contributed by atoms with E-state index in [2.05, 4.69) is 15.6 Å². The Hall–Kier alpha value is -2.38. The van der Waals surface area contributed by atoms with Crippen molar-refractivity contribution in [2.24, 2.45) is 0 Å². The SMILES string of the molecule is O=C1CCSc2ccc(C(=O)NCc3nc4ccccc4s3)cc2N1. The van der Waals surface area contributed by atoms with E-state index in [9.17, 15) is 9.59 Å². The third kappa shape index (κ3) is 3.52. The first-order valence-corrected chi connectivity index (χ1v) is 9.68. The highest BCUT2D eigenvalue weighted by Gasteiger charge is 2.16. The fourth-order valence-corrected chi connectivity index (χ4v) is 4.46. The van der Waals surface area contributed by atoms with Gasteiger partial charge in [-0.15, -0.1) is 23.1 Å². The molecule has 0 saturated heterocycles. The average Bonchev–Trinajstić information content (AvgIpc) is 2.94. The van der Waals surface area contributed by atoms with Crippen molar-refractivity contribution in [1.29, 1.82) is 0 Å². The van der Waals surface area contributed by atoms with Crippen LogP contribution in [0.25, 0.3) is 10.2 Å². The second-order valence-electron chi connectivity index (χ2n) is 5.62. The molecule has 0 aliphatic carbocycles. The Labute approximate surface area is 152 Å². The molecule has 0 saturated carbocycles. The van der Waals surface area contributed by atoms with Crippen LogP contribution in [0.5, 0.6) is 0 Å². The van der Waals surface area contributed by atoms with Gasteiger partial charge in [-0.1, -0.05) is 12.1 Å². The number of thiazole rings is 1. The van der Waals surface area contributed by atoms with Crippen LogP contribution in [0, 0.1) is 0 Å². The zero-order valence-corrected chi connectivity index (χ0v) is 14.9. The number of hydrogen-bond donors (Lipinski definition) is 2. The molecule has 1 aliphatic heterocycles. The maximum Gasteiger partial charge on any atom is 0.251 e. The topological polar surface area (TPSA) is 71.1 Å². The molecular weight excluding hydrogens is 354 g/mol. The largest absolute Gasteiger partial charge is 0.346 e. The second-order valence-corrected chi connectivity index (χ2v) is 7.87. The summed E-state index contributed by atoms with van der Waals surface area (Å²) >= 11 is 3.20. The lowest BCUT2D eigenvalue weighted by molar-refractivity contribution is -0.115. The lowest BCUT2D eigenvalue weighted by atomic mass is 10.2. The standard InChI is InChI=1S/C18H15N3O2S2/c22-16-7-8-24-14-6-5-11(9-13(14)20-16)18(23)19-10-17-21-12-3-1-2-4-15(12)25-17/h1-6,9H,7-8,10H2,(H,19,23)(H,20,22). The summed E-state index contributed by atoms with van der Waals surface area (Å²) in [5, 5.41) is 6.63. The molecule has 0 bridgehead atoms. The lowest BCUT2D eigenvalue weighted by Crippen LogP contribution is -2.23. The molecule has 126 valence electrons. The molecule has 1 aliphatic rings. The smallest absolute Gasteiger partial charge is 0.251 e. The zero-order valence-electron chi connectivity index (χ0n) is 13.2. The quantitative estimate of drug-likeness (QED) is 0.739. The molecule has 5 nitrogen and oxygen atoms in total. The van der Waals surface area contributed by atoms with Gasteiger partial charge in [0.05, 0.1) is 22.4 Å². The van der Waals surface area contributed by atoms with Gasteiger partial charge < -0.3 is 10.6 Å². The molecule has 3 aromatic rings. The number of benzene rings is 2. The van der Waals surface area contributed by atoms with Crippen molar-refractivity contribution in [2.45, 2.75) is 17.9 Å². The Kier molecular flexibility index (Phi) is 4.42. The van der Waals surface area contributed by atoms with Crippen LogP contribution in [0.4, 0.5) is 5.69 Å². The Balaban J connectivity index is 1.48. The van der Waals surface area contributed by atoms with Crippen molar-refractivity contribution in [3.05, 3.63) is 53.0 Å². The van der Waals surface area contributed by atoms with Gasteiger partial charge in [0.25, 0.3) is 5.91 Å². The summed E-state index contributed by atoms with van der Waals surface area (Å²) in [4.78, 5) is 29.6. The summed E-state index contributed by atoms with van der Waals surface area (Å²) in [7, 11) is 0. The van der Waals surface area contributed by atoms with Gasteiger partial charge in [0.15, 0.2) is 0 Å². The number of anilines is 1. The third-order valence-corrected chi connectivity index (χ3v) is 5.95. The van der Waals surface area contributed by atoms with Gasteiger partial charge in [0.2, 0.25) is 5.91 Å². The van der Waals surface area contributed by atoms with Crippen molar-refractivity contribution in [3.8, 4) is 0 Å². The summed E-state index contributed by atoms with van der Waals surface area (Å²) in [5.74, 6) is 0.561. The van der Waals surface area contributed by atoms with Crippen molar-refractivity contribution in [3.63, 3.8) is 0 Å². The normalized spacial score (nSPS) is 13.8. The summed E-state index contributed by atoms with van der Waals surface area (Å²) in [6.45, 7) is 0.385. The number of amides is 2. The van der Waals surface area contributed by atoms with Crippen LogP contribution in [-0.2, 0) is 11.3 Å². The zero-order chi connectivity index (χ0) is 17.2. The van der Waals surface area contributed by atoms with Gasteiger partial charge in [-0.2, -0.15) is 0 Å². The van der Waals surface area contributed by atoms with Crippen molar-refractivity contribution >= 4 is 50.8 Å². The van der Waals surface area contributed by atoms with Crippen molar-refractivity contribution in [1.82, 2.24) is 10.3 Å². The molecule has 7 heteroatoms. The maximum atomic E-state index is 12.4. The van der Waals surface area contributed by atoms with Gasteiger partial charge >= 0.3 is 0 Å². The monoisotopic (exact) mass is 369 g/mol. The highest BCUT2D eigenvalue weighted by atomic mass is 32.2.